The number of nitrogens with two attached hydrogens (primary N) is 1. The highest BCUT2D eigenvalue weighted by Gasteiger charge is 2.45. The maximum absolute atomic E-state index is 10.6. The van der Waals surface area contributed by atoms with Crippen molar-refractivity contribution in [1.82, 2.24) is 19.5 Å². The first kappa shape index (κ1) is 19.9. The van der Waals surface area contributed by atoms with Crippen LogP contribution in [0.3, 0.4) is 0 Å². The quantitative estimate of drug-likeness (QED) is 0.423. The van der Waals surface area contributed by atoms with E-state index in [0.29, 0.717) is 30.2 Å². The van der Waals surface area contributed by atoms with Gasteiger partial charge in [-0.15, -0.1) is 0 Å². The fourth-order valence-electron chi connectivity index (χ4n) is 4.27. The Morgan fingerprint density at radius 2 is 1.71 bits per heavy atom. The third kappa shape index (κ3) is 3.35. The van der Waals surface area contributed by atoms with Crippen molar-refractivity contribution in [2.45, 2.75) is 24.5 Å². The molecule has 4 heterocycles. The minimum absolute atomic E-state index is 0.222. The number of aliphatic hydroxyl groups excluding tert-OH is 3. The minimum atomic E-state index is -1.25. The van der Waals surface area contributed by atoms with E-state index in [1.165, 1.54) is 6.33 Å². The molecule has 0 unspecified atom stereocenters. The van der Waals surface area contributed by atoms with E-state index in [1.807, 2.05) is 18.2 Å². The van der Waals surface area contributed by atoms with Crippen LogP contribution in [-0.4, -0.2) is 85.9 Å². The lowest BCUT2D eigenvalue weighted by molar-refractivity contribution is -0.0504. The van der Waals surface area contributed by atoms with Gasteiger partial charge < -0.3 is 35.6 Å². The molecule has 1 aromatic carbocycles. The lowest BCUT2D eigenvalue weighted by Gasteiger charge is -2.37. The molecule has 0 radical (unpaired) electrons. The van der Waals surface area contributed by atoms with Crippen LogP contribution in [0.2, 0.25) is 0 Å². The van der Waals surface area contributed by atoms with Crippen molar-refractivity contribution >= 4 is 28.6 Å². The largest absolute Gasteiger partial charge is 0.394 e. The van der Waals surface area contributed by atoms with Gasteiger partial charge >= 0.3 is 0 Å². The average Bonchev–Trinajstić information content (AvgIpc) is 3.33. The molecule has 5 rings (SSSR count). The van der Waals surface area contributed by atoms with E-state index in [9.17, 15) is 15.3 Å². The monoisotopic (exact) mass is 427 g/mol. The molecule has 2 aliphatic rings. The zero-order valence-corrected chi connectivity index (χ0v) is 16.8. The number of ether oxygens (including phenoxy) is 1. The maximum atomic E-state index is 10.6. The third-order valence-corrected chi connectivity index (χ3v) is 5.94. The van der Waals surface area contributed by atoms with Gasteiger partial charge in [0, 0.05) is 31.9 Å². The second-order valence-corrected chi connectivity index (χ2v) is 7.75. The van der Waals surface area contributed by atoms with E-state index >= 15 is 0 Å². The van der Waals surface area contributed by atoms with Crippen LogP contribution in [0.15, 0.2) is 36.7 Å². The van der Waals surface area contributed by atoms with Crippen molar-refractivity contribution in [2.75, 3.05) is 48.3 Å². The second kappa shape index (κ2) is 7.93. The summed E-state index contributed by atoms with van der Waals surface area (Å²) in [5, 5.41) is 30.4. The molecule has 0 aliphatic carbocycles. The number of benzene rings is 1. The van der Waals surface area contributed by atoms with Gasteiger partial charge in [0.2, 0.25) is 5.95 Å². The number of anilines is 3. The van der Waals surface area contributed by atoms with Crippen LogP contribution in [0.25, 0.3) is 11.2 Å². The Morgan fingerprint density at radius 1 is 1.00 bits per heavy atom. The van der Waals surface area contributed by atoms with E-state index in [4.69, 9.17) is 10.5 Å². The summed E-state index contributed by atoms with van der Waals surface area (Å²) >= 11 is 0. The molecule has 2 aliphatic heterocycles. The van der Waals surface area contributed by atoms with Gasteiger partial charge in [-0.1, -0.05) is 18.2 Å². The van der Waals surface area contributed by atoms with Crippen molar-refractivity contribution in [2.24, 2.45) is 0 Å². The Bertz CT molecular complexity index is 1050. The van der Waals surface area contributed by atoms with Crippen LogP contribution in [0.1, 0.15) is 6.23 Å². The number of hydrogen-bond acceptors (Lipinski definition) is 10. The van der Waals surface area contributed by atoms with Gasteiger partial charge in [-0.2, -0.15) is 0 Å². The summed E-state index contributed by atoms with van der Waals surface area (Å²) in [5.74, 6) is 0.754. The molecule has 11 nitrogen and oxygen atoms in total. The molecule has 4 atom stereocenters. The highest BCUT2D eigenvalue weighted by Crippen LogP contribution is 2.36. The number of aromatic nitrogens is 4. The zero-order valence-electron chi connectivity index (χ0n) is 16.8. The van der Waals surface area contributed by atoms with E-state index in [0.717, 1.165) is 18.8 Å². The minimum Gasteiger partial charge on any atom is -0.394 e. The molecule has 11 heteroatoms. The van der Waals surface area contributed by atoms with Gasteiger partial charge in [-0.05, 0) is 12.1 Å². The highest BCUT2D eigenvalue weighted by molar-refractivity contribution is 5.84. The van der Waals surface area contributed by atoms with E-state index in [1.54, 1.807) is 4.57 Å². The lowest BCUT2D eigenvalue weighted by Crippen LogP contribution is -2.47. The topological polar surface area (TPSA) is 146 Å². The predicted octanol–water partition coefficient (Wildman–Crippen LogP) is -0.653. The molecule has 31 heavy (non-hydrogen) atoms. The summed E-state index contributed by atoms with van der Waals surface area (Å²) in [6, 6.07) is 10.2. The van der Waals surface area contributed by atoms with E-state index in [-0.39, 0.29) is 5.82 Å². The molecule has 0 spiro atoms. The molecule has 2 saturated heterocycles. The van der Waals surface area contributed by atoms with Gasteiger partial charge in [-0.25, -0.2) is 15.0 Å². The SMILES string of the molecule is Nc1ncnc2c1nc(N1CCN(c3ccccc3)CC1)n2[C@@H]1O[C@H](CO)[C@@H](O)[C@H]1O. The van der Waals surface area contributed by atoms with Crippen LogP contribution < -0.4 is 15.5 Å². The first-order chi connectivity index (χ1) is 15.1. The Labute approximate surface area is 178 Å². The standard InChI is InChI=1S/C20H25N7O4/c21-17-14-18(23-11-22-17)27(19-16(30)15(29)13(10-28)31-19)20(24-14)26-8-6-25(7-9-26)12-4-2-1-3-5-12/h1-5,11,13,15-16,19,28-30H,6-10H2,(H2,21,22,23)/t13-,15-,16-,19-/m1/s1. The van der Waals surface area contributed by atoms with Crippen molar-refractivity contribution in [3.63, 3.8) is 0 Å². The number of fused-ring (bicyclic) bond motifs is 1. The van der Waals surface area contributed by atoms with Gasteiger partial charge in [0.05, 0.1) is 6.61 Å². The summed E-state index contributed by atoms with van der Waals surface area (Å²) in [6.07, 6.45) is -3.02. The number of imidazole rings is 1. The van der Waals surface area contributed by atoms with E-state index in [2.05, 4.69) is 36.9 Å². The van der Waals surface area contributed by atoms with Crippen LogP contribution in [-0.2, 0) is 4.74 Å². The fraction of sp³-hybridized carbons (Fsp3) is 0.450. The van der Waals surface area contributed by atoms with Crippen molar-refractivity contribution in [3.05, 3.63) is 36.7 Å². The summed E-state index contributed by atoms with van der Waals surface area (Å²) < 4.78 is 7.43. The molecule has 0 bridgehead atoms. The number of nitrogen functional groups attached to an aromatic ring is 1. The molecule has 164 valence electrons. The number of piperazine rings is 1. The number of aliphatic hydroxyl groups is 3. The van der Waals surface area contributed by atoms with Crippen LogP contribution in [0.5, 0.6) is 0 Å². The second-order valence-electron chi connectivity index (χ2n) is 7.75. The van der Waals surface area contributed by atoms with Crippen molar-refractivity contribution < 1.29 is 20.1 Å². The van der Waals surface area contributed by atoms with Gasteiger partial charge in [0.25, 0.3) is 0 Å². The Morgan fingerprint density at radius 3 is 2.39 bits per heavy atom. The fourth-order valence-corrected chi connectivity index (χ4v) is 4.27. The Hall–Kier alpha value is -2.99. The third-order valence-electron chi connectivity index (χ3n) is 5.94. The number of hydrogen-bond donors (Lipinski definition) is 4. The molecular weight excluding hydrogens is 402 g/mol. The number of para-hydroxylation sites is 1. The predicted molar refractivity (Wildman–Crippen MR) is 114 cm³/mol. The Balaban J connectivity index is 1.49. The van der Waals surface area contributed by atoms with Crippen molar-refractivity contribution in [3.8, 4) is 0 Å². The average molecular weight is 427 g/mol. The molecule has 0 amide bonds. The van der Waals surface area contributed by atoms with Gasteiger partial charge in [0.1, 0.15) is 24.6 Å². The number of nitrogens with zero attached hydrogens (tertiary/aromatic N) is 6. The van der Waals surface area contributed by atoms with Crippen LogP contribution in [0, 0.1) is 0 Å². The first-order valence-electron chi connectivity index (χ1n) is 10.2. The normalized spacial score (nSPS) is 26.7. The van der Waals surface area contributed by atoms with Crippen LogP contribution in [0.4, 0.5) is 17.5 Å². The van der Waals surface area contributed by atoms with Gasteiger partial charge in [-0.3, -0.25) is 4.57 Å². The molecule has 5 N–H and O–H groups in total. The highest BCUT2D eigenvalue weighted by atomic mass is 16.6. The van der Waals surface area contributed by atoms with Gasteiger partial charge in [0.15, 0.2) is 23.2 Å². The Kier molecular flexibility index (Phi) is 5.10. The summed E-state index contributed by atoms with van der Waals surface area (Å²) in [6.45, 7) is 2.51. The molecule has 2 aromatic heterocycles. The maximum Gasteiger partial charge on any atom is 0.210 e. The molecular formula is C20H25N7O4. The zero-order chi connectivity index (χ0) is 21.5. The summed E-state index contributed by atoms with van der Waals surface area (Å²) in [5.41, 5.74) is 8.00. The lowest BCUT2D eigenvalue weighted by atomic mass is 10.1. The molecule has 0 saturated carbocycles. The number of rotatable bonds is 4. The summed E-state index contributed by atoms with van der Waals surface area (Å²) in [4.78, 5) is 17.4. The smallest absolute Gasteiger partial charge is 0.210 e. The van der Waals surface area contributed by atoms with Crippen LogP contribution >= 0.6 is 0 Å². The van der Waals surface area contributed by atoms with Crippen molar-refractivity contribution in [1.29, 1.82) is 0 Å². The van der Waals surface area contributed by atoms with E-state index < -0.39 is 31.1 Å². The summed E-state index contributed by atoms with van der Waals surface area (Å²) in [7, 11) is 0. The molecule has 2 fully saturated rings. The first-order valence-corrected chi connectivity index (χ1v) is 10.2. The molecule has 3 aromatic rings.